The van der Waals surface area contributed by atoms with Gasteiger partial charge in [0.15, 0.2) is 0 Å². The molecule has 25 heavy (non-hydrogen) atoms. The Bertz CT molecular complexity index is 776. The Morgan fingerprint density at radius 3 is 2.56 bits per heavy atom. The second kappa shape index (κ2) is 7.70. The molecule has 2 N–H and O–H groups in total. The fraction of sp³-hybridized carbons (Fsp3) is 0.263. The molecule has 0 aliphatic carbocycles. The smallest absolute Gasteiger partial charge is 0.246 e. The van der Waals surface area contributed by atoms with Gasteiger partial charge in [0.1, 0.15) is 6.04 Å². The summed E-state index contributed by atoms with van der Waals surface area (Å²) in [7, 11) is 0. The summed E-state index contributed by atoms with van der Waals surface area (Å²) in [6, 6.07) is 14.7. The van der Waals surface area contributed by atoms with Gasteiger partial charge in [-0.1, -0.05) is 22.0 Å². The average molecular weight is 402 g/mol. The Kier molecular flexibility index (Phi) is 5.38. The van der Waals surface area contributed by atoms with Gasteiger partial charge in [-0.3, -0.25) is 9.59 Å². The van der Waals surface area contributed by atoms with Gasteiger partial charge in [0.2, 0.25) is 11.8 Å². The van der Waals surface area contributed by atoms with Crippen LogP contribution in [0, 0.1) is 0 Å². The van der Waals surface area contributed by atoms with E-state index >= 15 is 0 Å². The normalized spacial score (nSPS) is 15.1. The third-order valence-corrected chi connectivity index (χ3v) is 4.61. The maximum absolute atomic E-state index is 12.3. The first kappa shape index (κ1) is 17.5. The number of hydrogen-bond donors (Lipinski definition) is 2. The molecule has 2 aromatic rings. The van der Waals surface area contributed by atoms with Gasteiger partial charge in [0.25, 0.3) is 0 Å². The highest BCUT2D eigenvalue weighted by Gasteiger charge is 2.21. The van der Waals surface area contributed by atoms with Crippen molar-refractivity contribution in [3.63, 3.8) is 0 Å². The monoisotopic (exact) mass is 401 g/mol. The molecule has 1 heterocycles. The predicted octanol–water partition coefficient (Wildman–Crippen LogP) is 4.02. The highest BCUT2D eigenvalue weighted by atomic mass is 79.9. The topological polar surface area (TPSA) is 61.4 Å². The van der Waals surface area contributed by atoms with Crippen LogP contribution in [-0.4, -0.2) is 24.4 Å². The van der Waals surface area contributed by atoms with Crippen molar-refractivity contribution in [1.29, 1.82) is 0 Å². The first-order valence-corrected chi connectivity index (χ1v) is 9.05. The number of carbonyl (C=O) groups excluding carboxylic acids is 2. The zero-order valence-corrected chi connectivity index (χ0v) is 15.5. The van der Waals surface area contributed by atoms with E-state index < -0.39 is 6.04 Å². The molecule has 1 aliphatic rings. The number of amides is 2. The van der Waals surface area contributed by atoms with E-state index in [4.69, 9.17) is 0 Å². The number of rotatable bonds is 5. The van der Waals surface area contributed by atoms with E-state index in [0.29, 0.717) is 6.42 Å². The minimum absolute atomic E-state index is 0.114. The van der Waals surface area contributed by atoms with Crippen molar-refractivity contribution in [3.8, 4) is 0 Å². The van der Waals surface area contributed by atoms with Crippen molar-refractivity contribution >= 4 is 44.8 Å². The summed E-state index contributed by atoms with van der Waals surface area (Å²) in [6.45, 7) is 2.59. The van der Waals surface area contributed by atoms with Crippen molar-refractivity contribution in [2.24, 2.45) is 0 Å². The van der Waals surface area contributed by atoms with Crippen LogP contribution in [0.15, 0.2) is 53.0 Å². The average Bonchev–Trinajstić information content (AvgIpc) is 3.01. The van der Waals surface area contributed by atoms with Crippen LogP contribution in [0.4, 0.5) is 17.1 Å². The molecule has 130 valence electrons. The van der Waals surface area contributed by atoms with Crippen LogP contribution >= 0.6 is 15.9 Å². The lowest BCUT2D eigenvalue weighted by Gasteiger charge is -2.18. The first-order chi connectivity index (χ1) is 12.0. The quantitative estimate of drug-likeness (QED) is 0.795. The second-order valence-corrected chi connectivity index (χ2v) is 6.98. The van der Waals surface area contributed by atoms with Crippen LogP contribution in [0.5, 0.6) is 0 Å². The Morgan fingerprint density at radius 1 is 1.16 bits per heavy atom. The number of nitrogens with one attached hydrogen (secondary N) is 2. The molecule has 2 aromatic carbocycles. The van der Waals surface area contributed by atoms with E-state index in [-0.39, 0.29) is 11.8 Å². The molecular weight excluding hydrogens is 382 g/mol. The van der Waals surface area contributed by atoms with Gasteiger partial charge in [0, 0.05) is 34.5 Å². The number of anilines is 3. The Hall–Kier alpha value is -2.34. The fourth-order valence-corrected chi connectivity index (χ4v) is 3.19. The molecule has 1 atom stereocenters. The maximum atomic E-state index is 12.3. The van der Waals surface area contributed by atoms with Gasteiger partial charge in [-0.05, 0) is 55.8 Å². The summed E-state index contributed by atoms with van der Waals surface area (Å²) in [6.07, 6.45) is 1.53. The molecule has 0 spiro atoms. The summed E-state index contributed by atoms with van der Waals surface area (Å²) >= 11 is 3.39. The van der Waals surface area contributed by atoms with Crippen LogP contribution < -0.4 is 15.5 Å². The third kappa shape index (κ3) is 4.39. The number of halogens is 1. The number of carbonyl (C=O) groups is 2. The van der Waals surface area contributed by atoms with E-state index in [1.165, 1.54) is 0 Å². The fourth-order valence-electron chi connectivity index (χ4n) is 2.79. The van der Waals surface area contributed by atoms with Crippen LogP contribution in [0.25, 0.3) is 0 Å². The summed E-state index contributed by atoms with van der Waals surface area (Å²) < 4.78 is 0.915. The lowest BCUT2D eigenvalue weighted by molar-refractivity contribution is -0.117. The number of hydrogen-bond acceptors (Lipinski definition) is 3. The molecule has 1 fully saturated rings. The maximum Gasteiger partial charge on any atom is 0.246 e. The summed E-state index contributed by atoms with van der Waals surface area (Å²) in [5, 5.41) is 6.06. The highest BCUT2D eigenvalue weighted by molar-refractivity contribution is 9.10. The number of benzene rings is 2. The molecule has 1 aliphatic heterocycles. The Morgan fingerprint density at radius 2 is 1.92 bits per heavy atom. The first-order valence-electron chi connectivity index (χ1n) is 8.26. The summed E-state index contributed by atoms with van der Waals surface area (Å²) in [5.74, 6) is 0.0550. The lowest BCUT2D eigenvalue weighted by Crippen LogP contribution is -2.31. The minimum atomic E-state index is -0.391. The zero-order valence-electron chi connectivity index (χ0n) is 14.0. The van der Waals surface area contributed by atoms with Gasteiger partial charge >= 0.3 is 0 Å². The molecule has 0 unspecified atom stereocenters. The van der Waals surface area contributed by atoms with E-state index in [2.05, 4.69) is 26.6 Å². The van der Waals surface area contributed by atoms with Crippen LogP contribution in [0.2, 0.25) is 0 Å². The van der Waals surface area contributed by atoms with E-state index in [1.54, 1.807) is 4.90 Å². The van der Waals surface area contributed by atoms with E-state index in [0.717, 1.165) is 34.5 Å². The van der Waals surface area contributed by atoms with Gasteiger partial charge in [-0.15, -0.1) is 0 Å². The molecule has 0 radical (unpaired) electrons. The standard InChI is InChI=1S/C19H20BrN3O2/c1-13(19(25)22-16-5-2-4-14(20)12-16)21-15-7-9-17(10-8-15)23-11-3-6-18(23)24/h2,4-5,7-10,12-13,21H,3,6,11H2,1H3,(H,22,25)/t13-/m1/s1. The van der Waals surface area contributed by atoms with E-state index in [1.807, 2.05) is 55.5 Å². The summed E-state index contributed by atoms with van der Waals surface area (Å²) in [5.41, 5.74) is 2.49. The molecule has 6 heteroatoms. The van der Waals surface area contributed by atoms with Gasteiger partial charge in [-0.25, -0.2) is 0 Å². The molecule has 3 rings (SSSR count). The highest BCUT2D eigenvalue weighted by Crippen LogP contribution is 2.23. The zero-order chi connectivity index (χ0) is 17.8. The molecule has 0 aromatic heterocycles. The molecular formula is C19H20BrN3O2. The minimum Gasteiger partial charge on any atom is -0.374 e. The molecule has 2 amide bonds. The van der Waals surface area contributed by atoms with Crippen LogP contribution in [-0.2, 0) is 9.59 Å². The van der Waals surface area contributed by atoms with Crippen LogP contribution in [0.3, 0.4) is 0 Å². The van der Waals surface area contributed by atoms with Crippen molar-refractivity contribution in [2.45, 2.75) is 25.8 Å². The lowest BCUT2D eigenvalue weighted by atomic mass is 10.2. The largest absolute Gasteiger partial charge is 0.374 e. The predicted molar refractivity (Wildman–Crippen MR) is 104 cm³/mol. The van der Waals surface area contributed by atoms with Gasteiger partial charge in [-0.2, -0.15) is 0 Å². The Balaban J connectivity index is 1.59. The molecule has 0 bridgehead atoms. The number of nitrogens with zero attached hydrogens (tertiary/aromatic N) is 1. The van der Waals surface area contributed by atoms with Gasteiger partial charge in [0.05, 0.1) is 0 Å². The SMILES string of the molecule is C[C@@H](Nc1ccc(N2CCCC2=O)cc1)C(=O)Nc1cccc(Br)c1. The van der Waals surface area contributed by atoms with Crippen molar-refractivity contribution in [1.82, 2.24) is 0 Å². The summed E-state index contributed by atoms with van der Waals surface area (Å²) in [4.78, 5) is 25.9. The van der Waals surface area contributed by atoms with Gasteiger partial charge < -0.3 is 15.5 Å². The molecule has 0 saturated carbocycles. The van der Waals surface area contributed by atoms with Crippen molar-refractivity contribution in [3.05, 3.63) is 53.0 Å². The molecule has 1 saturated heterocycles. The van der Waals surface area contributed by atoms with Crippen LogP contribution in [0.1, 0.15) is 19.8 Å². The third-order valence-electron chi connectivity index (χ3n) is 4.12. The van der Waals surface area contributed by atoms with Crippen molar-refractivity contribution in [2.75, 3.05) is 22.1 Å². The Labute approximate surface area is 155 Å². The van der Waals surface area contributed by atoms with E-state index in [9.17, 15) is 9.59 Å². The second-order valence-electron chi connectivity index (χ2n) is 6.06. The molecule has 5 nitrogen and oxygen atoms in total. The van der Waals surface area contributed by atoms with Crippen molar-refractivity contribution < 1.29 is 9.59 Å².